The van der Waals surface area contributed by atoms with Crippen LogP contribution in [0, 0.1) is 6.92 Å². The summed E-state index contributed by atoms with van der Waals surface area (Å²) >= 11 is 17.7. The van der Waals surface area contributed by atoms with Crippen LogP contribution in [0.5, 0.6) is 5.75 Å². The Hall–Kier alpha value is -0.960. The summed E-state index contributed by atoms with van der Waals surface area (Å²) in [4.78, 5) is 4.11. The van der Waals surface area contributed by atoms with E-state index in [0.717, 1.165) is 11.3 Å². The van der Waals surface area contributed by atoms with Crippen molar-refractivity contribution in [3.8, 4) is 5.75 Å². The van der Waals surface area contributed by atoms with Crippen molar-refractivity contribution in [2.75, 3.05) is 0 Å². The van der Waals surface area contributed by atoms with Gasteiger partial charge in [-0.05, 0) is 42.8 Å². The zero-order valence-electron chi connectivity index (χ0n) is 9.58. The van der Waals surface area contributed by atoms with Gasteiger partial charge in [0.25, 0.3) is 0 Å². The molecular formula is C13H10Cl3NO. The summed E-state index contributed by atoms with van der Waals surface area (Å²) in [6.45, 7) is 2.18. The molecule has 0 amide bonds. The molecule has 0 N–H and O–H groups in total. The number of hydrogen-bond acceptors (Lipinski definition) is 2. The summed E-state index contributed by atoms with van der Waals surface area (Å²) in [5, 5.41) is 1.64. The molecule has 0 aliphatic rings. The second-order valence-electron chi connectivity index (χ2n) is 3.76. The van der Waals surface area contributed by atoms with Gasteiger partial charge < -0.3 is 4.74 Å². The number of aromatic nitrogens is 1. The lowest BCUT2D eigenvalue weighted by molar-refractivity contribution is 0.301. The van der Waals surface area contributed by atoms with Crippen molar-refractivity contribution < 1.29 is 4.74 Å². The van der Waals surface area contributed by atoms with Crippen molar-refractivity contribution in [1.29, 1.82) is 0 Å². The average Bonchev–Trinajstić information content (AvgIpc) is 2.34. The third-order valence-electron chi connectivity index (χ3n) is 2.39. The van der Waals surface area contributed by atoms with Gasteiger partial charge in [-0.3, -0.25) is 0 Å². The molecule has 18 heavy (non-hydrogen) atoms. The van der Waals surface area contributed by atoms with Gasteiger partial charge in [-0.2, -0.15) is 0 Å². The second-order valence-corrected chi connectivity index (χ2v) is 4.96. The molecule has 1 aromatic heterocycles. The van der Waals surface area contributed by atoms with E-state index in [1.54, 1.807) is 24.3 Å². The summed E-state index contributed by atoms with van der Waals surface area (Å²) in [5.41, 5.74) is 1.57. The summed E-state index contributed by atoms with van der Waals surface area (Å²) in [7, 11) is 0. The maximum absolute atomic E-state index is 6.00. The van der Waals surface area contributed by atoms with Gasteiger partial charge in [-0.25, -0.2) is 4.98 Å². The SMILES string of the molecule is Cc1cc(OCc2nc(Cl)ccc2Cl)ccc1Cl. The molecule has 2 rings (SSSR count). The van der Waals surface area contributed by atoms with Gasteiger partial charge in [0, 0.05) is 5.02 Å². The third kappa shape index (κ3) is 3.29. The van der Waals surface area contributed by atoms with Gasteiger partial charge >= 0.3 is 0 Å². The first-order valence-electron chi connectivity index (χ1n) is 5.26. The van der Waals surface area contributed by atoms with E-state index in [0.29, 0.717) is 20.9 Å². The average molecular weight is 303 g/mol. The lowest BCUT2D eigenvalue weighted by Crippen LogP contribution is -1.99. The van der Waals surface area contributed by atoms with Crippen molar-refractivity contribution in [1.82, 2.24) is 4.98 Å². The minimum atomic E-state index is 0.264. The molecule has 0 radical (unpaired) electrons. The normalized spacial score (nSPS) is 10.4. The second kappa shape index (κ2) is 5.79. The van der Waals surface area contributed by atoms with E-state index in [4.69, 9.17) is 39.5 Å². The minimum absolute atomic E-state index is 0.264. The number of aryl methyl sites for hydroxylation is 1. The largest absolute Gasteiger partial charge is 0.487 e. The van der Waals surface area contributed by atoms with E-state index in [2.05, 4.69) is 4.98 Å². The standard InChI is InChI=1S/C13H10Cl3NO/c1-8-6-9(2-3-10(8)14)18-7-12-11(15)4-5-13(16)17-12/h2-6H,7H2,1H3. The van der Waals surface area contributed by atoms with Crippen LogP contribution < -0.4 is 4.74 Å². The van der Waals surface area contributed by atoms with Gasteiger partial charge in [-0.1, -0.05) is 34.8 Å². The molecule has 0 bridgehead atoms. The quantitative estimate of drug-likeness (QED) is 0.750. The Kier molecular flexibility index (Phi) is 4.33. The molecule has 0 atom stereocenters. The number of rotatable bonds is 3. The molecular weight excluding hydrogens is 293 g/mol. The molecule has 1 heterocycles. The van der Waals surface area contributed by atoms with Crippen LogP contribution in [0.25, 0.3) is 0 Å². The van der Waals surface area contributed by atoms with Crippen LogP contribution in [0.4, 0.5) is 0 Å². The van der Waals surface area contributed by atoms with Crippen LogP contribution in [-0.4, -0.2) is 4.98 Å². The Morgan fingerprint density at radius 3 is 2.50 bits per heavy atom. The first-order valence-corrected chi connectivity index (χ1v) is 6.39. The van der Waals surface area contributed by atoms with Gasteiger partial charge in [0.05, 0.1) is 10.7 Å². The van der Waals surface area contributed by atoms with Crippen molar-refractivity contribution in [3.05, 3.63) is 56.8 Å². The van der Waals surface area contributed by atoms with Gasteiger partial charge in [0.1, 0.15) is 17.5 Å². The Morgan fingerprint density at radius 1 is 1.06 bits per heavy atom. The zero-order valence-corrected chi connectivity index (χ0v) is 11.9. The molecule has 1 aromatic carbocycles. The molecule has 0 aliphatic heterocycles. The van der Waals surface area contributed by atoms with E-state index >= 15 is 0 Å². The number of benzene rings is 1. The Bertz CT molecular complexity index is 572. The molecule has 0 saturated heterocycles. The lowest BCUT2D eigenvalue weighted by Gasteiger charge is -2.08. The molecule has 0 spiro atoms. The smallest absolute Gasteiger partial charge is 0.132 e. The molecule has 5 heteroatoms. The maximum atomic E-state index is 6.00. The monoisotopic (exact) mass is 301 g/mol. The van der Waals surface area contributed by atoms with Crippen molar-refractivity contribution in [2.45, 2.75) is 13.5 Å². The molecule has 94 valence electrons. The van der Waals surface area contributed by atoms with Crippen molar-refractivity contribution in [2.24, 2.45) is 0 Å². The van der Waals surface area contributed by atoms with Crippen LogP contribution in [0.2, 0.25) is 15.2 Å². The Morgan fingerprint density at radius 2 is 1.78 bits per heavy atom. The van der Waals surface area contributed by atoms with Gasteiger partial charge in [0.15, 0.2) is 0 Å². The topological polar surface area (TPSA) is 22.1 Å². The highest BCUT2D eigenvalue weighted by Gasteiger charge is 2.05. The van der Waals surface area contributed by atoms with Crippen LogP contribution in [0.3, 0.4) is 0 Å². The fourth-order valence-corrected chi connectivity index (χ4v) is 1.86. The fraction of sp³-hybridized carbons (Fsp3) is 0.154. The van der Waals surface area contributed by atoms with Crippen LogP contribution in [-0.2, 0) is 6.61 Å². The van der Waals surface area contributed by atoms with Crippen LogP contribution in [0.1, 0.15) is 11.3 Å². The highest BCUT2D eigenvalue weighted by atomic mass is 35.5. The highest BCUT2D eigenvalue weighted by Crippen LogP contribution is 2.23. The molecule has 2 nitrogen and oxygen atoms in total. The highest BCUT2D eigenvalue weighted by molar-refractivity contribution is 6.32. The number of pyridine rings is 1. The number of nitrogens with zero attached hydrogens (tertiary/aromatic N) is 1. The lowest BCUT2D eigenvalue weighted by atomic mass is 10.2. The zero-order chi connectivity index (χ0) is 13.1. The first-order chi connectivity index (χ1) is 8.56. The summed E-state index contributed by atoms with van der Waals surface area (Å²) in [5.74, 6) is 0.717. The van der Waals surface area contributed by atoms with Crippen LogP contribution in [0.15, 0.2) is 30.3 Å². The van der Waals surface area contributed by atoms with Crippen molar-refractivity contribution >= 4 is 34.8 Å². The van der Waals surface area contributed by atoms with E-state index in [9.17, 15) is 0 Å². The minimum Gasteiger partial charge on any atom is -0.487 e. The number of halogens is 3. The molecule has 0 saturated carbocycles. The van der Waals surface area contributed by atoms with E-state index in [1.165, 1.54) is 0 Å². The maximum Gasteiger partial charge on any atom is 0.132 e. The first kappa shape index (κ1) is 13.5. The number of ether oxygens (including phenoxy) is 1. The Labute approximate surface area is 120 Å². The van der Waals surface area contributed by atoms with Gasteiger partial charge in [-0.15, -0.1) is 0 Å². The molecule has 0 unspecified atom stereocenters. The summed E-state index contributed by atoms with van der Waals surface area (Å²) < 4.78 is 5.60. The number of hydrogen-bond donors (Lipinski definition) is 0. The molecule has 0 aliphatic carbocycles. The van der Waals surface area contributed by atoms with Crippen molar-refractivity contribution in [3.63, 3.8) is 0 Å². The predicted octanol–water partition coefficient (Wildman–Crippen LogP) is 4.93. The third-order valence-corrected chi connectivity index (χ3v) is 3.37. The molecule has 2 aromatic rings. The van der Waals surface area contributed by atoms with E-state index in [-0.39, 0.29) is 6.61 Å². The summed E-state index contributed by atoms with van der Waals surface area (Å²) in [6, 6.07) is 8.79. The van der Waals surface area contributed by atoms with Crippen LogP contribution >= 0.6 is 34.8 Å². The van der Waals surface area contributed by atoms with E-state index < -0.39 is 0 Å². The predicted molar refractivity (Wildman–Crippen MR) is 74.8 cm³/mol. The van der Waals surface area contributed by atoms with Gasteiger partial charge in [0.2, 0.25) is 0 Å². The Balaban J connectivity index is 2.11. The fourth-order valence-electron chi connectivity index (χ4n) is 1.42. The molecule has 0 fully saturated rings. The summed E-state index contributed by atoms with van der Waals surface area (Å²) in [6.07, 6.45) is 0. The van der Waals surface area contributed by atoms with E-state index in [1.807, 2.05) is 13.0 Å².